The molecular weight excluding hydrogens is 188 g/mol. The number of hydrogen-bond donors (Lipinski definition) is 1. The maximum atomic E-state index is 10.8. The summed E-state index contributed by atoms with van der Waals surface area (Å²) in [5.74, 6) is -0.528. The van der Waals surface area contributed by atoms with Gasteiger partial charge in [-0.15, -0.1) is 11.6 Å². The van der Waals surface area contributed by atoms with E-state index in [4.69, 9.17) is 16.7 Å². The highest BCUT2D eigenvalue weighted by Gasteiger charge is 2.25. The molecule has 0 aromatic carbocycles. The van der Waals surface area contributed by atoms with E-state index in [1.54, 1.807) is 6.08 Å². The molecule has 2 atom stereocenters. The quantitative estimate of drug-likeness (QED) is 0.561. The Labute approximate surface area is 82.9 Å². The number of rotatable bonds is 3. The van der Waals surface area contributed by atoms with Gasteiger partial charge in [-0.05, 0) is 12.8 Å². The summed E-state index contributed by atoms with van der Waals surface area (Å²) in [5, 5.41) is 8.91. The molecule has 0 spiro atoms. The fourth-order valence-corrected chi connectivity index (χ4v) is 1.65. The van der Waals surface area contributed by atoms with Crippen molar-refractivity contribution in [2.24, 2.45) is 11.8 Å². The van der Waals surface area contributed by atoms with E-state index in [1.807, 2.05) is 18.2 Å². The van der Waals surface area contributed by atoms with Crippen LogP contribution >= 0.6 is 11.6 Å². The van der Waals surface area contributed by atoms with Crippen LogP contribution in [0.1, 0.15) is 12.8 Å². The fraction of sp³-hybridized carbons (Fsp3) is 0.500. The second-order valence-corrected chi connectivity index (χ2v) is 3.42. The Bertz CT molecular complexity index is 233. The standard InChI is InChI=1S/C10H13ClO2/c11-7-3-5-8-4-1-2-6-9(8)10(12)13/h1,3-5,8-9H,2,6-7H2,(H,12,13). The van der Waals surface area contributed by atoms with Crippen molar-refractivity contribution in [3.8, 4) is 0 Å². The lowest BCUT2D eigenvalue weighted by atomic mass is 9.84. The van der Waals surface area contributed by atoms with Crippen LogP contribution in [0.25, 0.3) is 0 Å². The zero-order valence-corrected chi connectivity index (χ0v) is 8.07. The van der Waals surface area contributed by atoms with Crippen LogP contribution in [0.5, 0.6) is 0 Å². The largest absolute Gasteiger partial charge is 0.481 e. The van der Waals surface area contributed by atoms with E-state index in [1.165, 1.54) is 0 Å². The van der Waals surface area contributed by atoms with Crippen molar-refractivity contribution in [2.45, 2.75) is 12.8 Å². The van der Waals surface area contributed by atoms with Gasteiger partial charge in [0.2, 0.25) is 0 Å². The minimum Gasteiger partial charge on any atom is -0.481 e. The number of carboxylic acids is 1. The molecule has 0 saturated carbocycles. The molecule has 0 fully saturated rings. The van der Waals surface area contributed by atoms with Crippen LogP contribution in [0.3, 0.4) is 0 Å². The molecule has 0 amide bonds. The van der Waals surface area contributed by atoms with Gasteiger partial charge in [-0.3, -0.25) is 4.79 Å². The lowest BCUT2D eigenvalue weighted by molar-refractivity contribution is -0.142. The van der Waals surface area contributed by atoms with Crippen LogP contribution in [0, 0.1) is 11.8 Å². The fourth-order valence-electron chi connectivity index (χ4n) is 1.55. The van der Waals surface area contributed by atoms with Crippen molar-refractivity contribution in [1.82, 2.24) is 0 Å². The first-order chi connectivity index (χ1) is 6.25. The van der Waals surface area contributed by atoms with Gasteiger partial charge in [-0.25, -0.2) is 0 Å². The van der Waals surface area contributed by atoms with E-state index in [2.05, 4.69) is 0 Å². The summed E-state index contributed by atoms with van der Waals surface area (Å²) in [6.45, 7) is 0. The molecular formula is C10H13ClO2. The van der Waals surface area contributed by atoms with Crippen molar-refractivity contribution in [3.05, 3.63) is 24.3 Å². The molecule has 0 aliphatic heterocycles. The molecule has 0 heterocycles. The van der Waals surface area contributed by atoms with Crippen LogP contribution in [-0.4, -0.2) is 17.0 Å². The maximum Gasteiger partial charge on any atom is 0.307 e. The number of alkyl halides is 1. The van der Waals surface area contributed by atoms with Gasteiger partial charge in [0.05, 0.1) is 5.92 Å². The van der Waals surface area contributed by atoms with Gasteiger partial charge in [0.25, 0.3) is 0 Å². The van der Waals surface area contributed by atoms with Gasteiger partial charge < -0.3 is 5.11 Å². The van der Waals surface area contributed by atoms with Gasteiger partial charge in [-0.2, -0.15) is 0 Å². The highest BCUT2D eigenvalue weighted by molar-refractivity contribution is 6.18. The number of aliphatic carboxylic acids is 1. The smallest absolute Gasteiger partial charge is 0.307 e. The average Bonchev–Trinajstić information content (AvgIpc) is 2.15. The van der Waals surface area contributed by atoms with E-state index < -0.39 is 5.97 Å². The van der Waals surface area contributed by atoms with E-state index >= 15 is 0 Å². The normalized spacial score (nSPS) is 28.1. The first kappa shape index (κ1) is 10.3. The van der Waals surface area contributed by atoms with E-state index in [0.29, 0.717) is 5.88 Å². The Morgan fingerprint density at radius 2 is 2.46 bits per heavy atom. The zero-order valence-electron chi connectivity index (χ0n) is 7.32. The van der Waals surface area contributed by atoms with Crippen molar-refractivity contribution < 1.29 is 9.90 Å². The van der Waals surface area contributed by atoms with Crippen molar-refractivity contribution >= 4 is 17.6 Å². The monoisotopic (exact) mass is 200 g/mol. The third kappa shape index (κ3) is 2.88. The van der Waals surface area contributed by atoms with E-state index in [0.717, 1.165) is 12.8 Å². The number of hydrogen-bond acceptors (Lipinski definition) is 1. The number of carbonyl (C=O) groups is 1. The summed E-state index contributed by atoms with van der Waals surface area (Å²) >= 11 is 5.49. The van der Waals surface area contributed by atoms with Crippen LogP contribution in [0.15, 0.2) is 24.3 Å². The predicted octanol–water partition coefficient (Wildman–Crippen LogP) is 2.45. The summed E-state index contributed by atoms with van der Waals surface area (Å²) in [6.07, 6.45) is 9.25. The zero-order chi connectivity index (χ0) is 9.68. The second-order valence-electron chi connectivity index (χ2n) is 3.11. The molecule has 0 aromatic heterocycles. The molecule has 0 radical (unpaired) electrons. The summed E-state index contributed by atoms with van der Waals surface area (Å²) < 4.78 is 0. The Kier molecular flexibility index (Phi) is 4.03. The molecule has 1 aliphatic carbocycles. The maximum absolute atomic E-state index is 10.8. The highest BCUT2D eigenvalue weighted by Crippen LogP contribution is 2.25. The first-order valence-electron chi connectivity index (χ1n) is 4.38. The molecule has 0 saturated heterocycles. The number of carboxylic acid groups (broad SMARTS) is 1. The van der Waals surface area contributed by atoms with Gasteiger partial charge in [0.1, 0.15) is 0 Å². The van der Waals surface area contributed by atoms with Crippen LogP contribution < -0.4 is 0 Å². The summed E-state index contributed by atoms with van der Waals surface area (Å²) in [7, 11) is 0. The Morgan fingerprint density at radius 3 is 3.08 bits per heavy atom. The van der Waals surface area contributed by atoms with Crippen molar-refractivity contribution in [1.29, 1.82) is 0 Å². The summed E-state index contributed by atoms with van der Waals surface area (Å²) in [4.78, 5) is 10.8. The SMILES string of the molecule is O=C(O)C1CCC=CC1C=CCCl. The Balaban J connectivity index is 2.66. The Hall–Kier alpha value is -0.760. The van der Waals surface area contributed by atoms with Gasteiger partial charge in [0.15, 0.2) is 0 Å². The van der Waals surface area contributed by atoms with Crippen molar-refractivity contribution in [2.75, 3.05) is 5.88 Å². The predicted molar refractivity (Wildman–Crippen MR) is 52.8 cm³/mol. The molecule has 3 heteroatoms. The third-order valence-corrected chi connectivity index (χ3v) is 2.41. The molecule has 2 nitrogen and oxygen atoms in total. The summed E-state index contributed by atoms with van der Waals surface area (Å²) in [6, 6.07) is 0. The van der Waals surface area contributed by atoms with Gasteiger partial charge in [0, 0.05) is 11.8 Å². The molecule has 1 N–H and O–H groups in total. The van der Waals surface area contributed by atoms with Crippen LogP contribution in [0.2, 0.25) is 0 Å². The molecule has 2 unspecified atom stereocenters. The second kappa shape index (κ2) is 5.07. The molecule has 0 aromatic rings. The van der Waals surface area contributed by atoms with E-state index in [-0.39, 0.29) is 11.8 Å². The molecule has 1 rings (SSSR count). The van der Waals surface area contributed by atoms with Crippen LogP contribution in [-0.2, 0) is 4.79 Å². The minimum atomic E-state index is -0.714. The number of halogens is 1. The lowest BCUT2D eigenvalue weighted by Crippen LogP contribution is -2.22. The van der Waals surface area contributed by atoms with E-state index in [9.17, 15) is 4.79 Å². The Morgan fingerprint density at radius 1 is 1.69 bits per heavy atom. The molecule has 0 bridgehead atoms. The number of allylic oxidation sites excluding steroid dienone is 4. The van der Waals surface area contributed by atoms with Gasteiger partial charge in [-0.1, -0.05) is 24.3 Å². The lowest BCUT2D eigenvalue weighted by Gasteiger charge is -2.20. The molecule has 72 valence electrons. The van der Waals surface area contributed by atoms with Crippen molar-refractivity contribution in [3.63, 3.8) is 0 Å². The topological polar surface area (TPSA) is 37.3 Å². The van der Waals surface area contributed by atoms with Gasteiger partial charge >= 0.3 is 5.97 Å². The minimum absolute atomic E-state index is 0.0185. The third-order valence-electron chi connectivity index (χ3n) is 2.23. The molecule has 1 aliphatic rings. The average molecular weight is 201 g/mol. The summed E-state index contributed by atoms with van der Waals surface area (Å²) in [5.41, 5.74) is 0. The first-order valence-corrected chi connectivity index (χ1v) is 4.91. The van der Waals surface area contributed by atoms with Crippen LogP contribution in [0.4, 0.5) is 0 Å². The highest BCUT2D eigenvalue weighted by atomic mass is 35.5. The molecule has 13 heavy (non-hydrogen) atoms.